The molecule has 11 N–H and O–H groups in total. The number of hydrogen-bond acceptors (Lipinski definition) is 27. The van der Waals surface area contributed by atoms with E-state index in [9.17, 15) is 32.3 Å². The number of aromatic amines is 4. The lowest BCUT2D eigenvalue weighted by molar-refractivity contribution is -0.153. The van der Waals surface area contributed by atoms with Crippen LogP contribution in [0.15, 0.2) is 102 Å². The number of amides is 4. The summed E-state index contributed by atoms with van der Waals surface area (Å²) in [6, 6.07) is 20.9. The molecule has 7 aliphatic heterocycles. The van der Waals surface area contributed by atoms with Crippen molar-refractivity contribution in [3.05, 3.63) is 260 Å². The molecule has 16 heterocycles. The van der Waals surface area contributed by atoms with Crippen LogP contribution in [0.4, 0.5) is 88.9 Å². The van der Waals surface area contributed by atoms with E-state index in [1.54, 1.807) is 30.3 Å². The van der Waals surface area contributed by atoms with Crippen LogP contribution in [0.2, 0.25) is 20.1 Å². The molecule has 46 heteroatoms. The van der Waals surface area contributed by atoms with Crippen LogP contribution in [0.25, 0.3) is 0 Å². The maximum atomic E-state index is 15.3. The zero-order valence-electron chi connectivity index (χ0n) is 83.5. The molecule has 1 unspecified atom stereocenters. The van der Waals surface area contributed by atoms with E-state index >= 15 is 17.6 Å². The molecule has 4 amide bonds. The molecule has 7 saturated heterocycles. The number of aryl methyl sites for hydroxylation is 9. The van der Waals surface area contributed by atoms with E-state index in [0.29, 0.717) is 190 Å². The normalized spacial score (nSPS) is 17.2. The molecule has 20 rings (SSSR count). The summed E-state index contributed by atoms with van der Waals surface area (Å²) in [7, 11) is 0. The number of carbonyl (C=O) groups excluding carboxylic acids is 4. The highest BCUT2D eigenvalue weighted by atomic mass is 35.5. The van der Waals surface area contributed by atoms with Gasteiger partial charge in [0.05, 0.1) is 62.9 Å². The van der Waals surface area contributed by atoms with Crippen molar-refractivity contribution in [3.63, 3.8) is 0 Å². The Morgan fingerprint density at radius 3 is 1.17 bits per heavy atom. The van der Waals surface area contributed by atoms with Crippen LogP contribution in [-0.2, 0) is 49.3 Å². The number of ether oxygens (including phenoxy) is 2. The first-order chi connectivity index (χ1) is 71.5. The minimum absolute atomic E-state index is 0.00556. The van der Waals surface area contributed by atoms with E-state index in [1.807, 2.05) is 102 Å². The molecule has 0 aliphatic carbocycles. The first-order valence-electron chi connectivity index (χ1n) is 49.5. The summed E-state index contributed by atoms with van der Waals surface area (Å²) < 4.78 is 116. The van der Waals surface area contributed by atoms with Gasteiger partial charge in [-0.3, -0.25) is 44.5 Å². The van der Waals surface area contributed by atoms with E-state index in [-0.39, 0.29) is 103 Å². The van der Waals surface area contributed by atoms with Crippen molar-refractivity contribution in [3.8, 4) is 0 Å². The van der Waals surface area contributed by atoms with Crippen LogP contribution >= 0.6 is 46.4 Å². The van der Waals surface area contributed by atoms with E-state index in [1.165, 1.54) is 42.7 Å². The smallest absolute Gasteiger partial charge is 0.436 e. The molecule has 0 saturated carbocycles. The summed E-state index contributed by atoms with van der Waals surface area (Å²) in [4.78, 5) is 96.2. The fourth-order valence-corrected chi connectivity index (χ4v) is 20.4. The molecule has 13 aromatic rings. The van der Waals surface area contributed by atoms with Crippen molar-refractivity contribution < 1.29 is 63.8 Å². The third-order valence-corrected chi connectivity index (χ3v) is 28.8. The van der Waals surface area contributed by atoms with Crippen molar-refractivity contribution in [1.82, 2.24) is 116 Å². The van der Waals surface area contributed by atoms with Crippen LogP contribution in [0.5, 0.6) is 0 Å². The molecule has 0 bridgehead atoms. The van der Waals surface area contributed by atoms with Gasteiger partial charge in [-0.15, -0.1) is 0 Å². The second-order valence-electron chi connectivity index (χ2n) is 38.6. The molecule has 0 radical (unpaired) electrons. The summed E-state index contributed by atoms with van der Waals surface area (Å²) in [6.45, 7) is 25.1. The number of oxazole rings is 1. The Balaban J connectivity index is 0.000000136. The maximum Gasteiger partial charge on any atom is 0.452 e. The SMILES string of the molecule is Cc1cc(Nc2nc(Cc3cc(C)c(C4CCN(C(=O)C5CCCC(=O)N5)CC4)cc3F)ncc2Cl)n[nH]1.Cc1cc(Nc2nc(Cc3cc(C)c(C4CCN(C(=O)[C@@H]5COCCN5)CC4)cc3F)ncc2Cl)n[nH]1.Cc1cc(Nc2nc(Cc3cc(C)c(C4CCN(C(=O)c5nc(C)oc5C(F)(F)F)CC4)cc3F)ncc2Cl)n[nH]1.Cc1cc(Nc2nc(Nc3cc(C)c(C4CCN(C5COC5)CC4)cc3F)ncc2Cl)n[nH]1. The predicted molar refractivity (Wildman–Crippen MR) is 549 cm³/mol. The molecule has 7 aliphatic rings. The number of piperidine rings is 5. The molecule has 0 spiro atoms. The number of morpholine rings is 1. The van der Waals surface area contributed by atoms with Gasteiger partial charge in [-0.25, -0.2) is 57.4 Å². The Kier molecular flexibility index (Phi) is 34.2. The van der Waals surface area contributed by atoms with Crippen molar-refractivity contribution in [2.75, 3.05) is 112 Å². The van der Waals surface area contributed by atoms with Gasteiger partial charge in [-0.2, -0.15) is 38.5 Å². The molecular formula is C103H115Cl4F7N28O7. The zero-order chi connectivity index (χ0) is 105. The monoisotopic (exact) mass is 2130 g/mol. The fraction of sp³-hybridized carbons (Fsp3) is 0.427. The third kappa shape index (κ3) is 26.9. The van der Waals surface area contributed by atoms with Crippen LogP contribution < -0.4 is 37.2 Å². The molecular weight excluding hydrogens is 2020 g/mol. The lowest BCUT2D eigenvalue weighted by atomic mass is 9.85. The minimum Gasteiger partial charge on any atom is -0.436 e. The quantitative estimate of drug-likeness (QED) is 0.0250. The number of anilines is 10. The predicted octanol–water partition coefficient (Wildman–Crippen LogP) is 18.9. The fourth-order valence-electron chi connectivity index (χ4n) is 19.8. The Morgan fingerprint density at radius 2 is 0.805 bits per heavy atom. The van der Waals surface area contributed by atoms with Gasteiger partial charge in [0.1, 0.15) is 72.9 Å². The van der Waals surface area contributed by atoms with E-state index in [0.717, 1.165) is 139 Å². The number of alkyl halides is 3. The van der Waals surface area contributed by atoms with Gasteiger partial charge in [0.15, 0.2) is 58.1 Å². The van der Waals surface area contributed by atoms with Gasteiger partial charge in [-0.1, -0.05) is 64.6 Å². The minimum atomic E-state index is -4.82. The van der Waals surface area contributed by atoms with Crippen molar-refractivity contribution in [1.29, 1.82) is 0 Å². The Morgan fingerprint density at radius 1 is 0.430 bits per heavy atom. The first kappa shape index (κ1) is 107. The summed E-state index contributed by atoms with van der Waals surface area (Å²) in [6.07, 6.45) is 9.72. The number of rotatable bonds is 24. The maximum absolute atomic E-state index is 15.3. The lowest BCUT2D eigenvalue weighted by Crippen LogP contribution is -2.53. The average Bonchev–Trinajstić information content (AvgIpc) is 1.40. The summed E-state index contributed by atoms with van der Waals surface area (Å²) >= 11 is 25.0. The lowest BCUT2D eigenvalue weighted by Gasteiger charge is -2.41. The van der Waals surface area contributed by atoms with Gasteiger partial charge < -0.3 is 65.8 Å². The van der Waals surface area contributed by atoms with Crippen LogP contribution in [0.3, 0.4) is 0 Å². The van der Waals surface area contributed by atoms with Crippen molar-refractivity contribution >= 4 is 128 Å². The molecule has 2 atom stereocenters. The van der Waals surface area contributed by atoms with Crippen molar-refractivity contribution in [2.45, 2.75) is 200 Å². The van der Waals surface area contributed by atoms with Gasteiger partial charge in [0, 0.05) is 125 Å². The first-order valence-corrected chi connectivity index (χ1v) is 51.0. The number of nitrogens with one attached hydrogen (secondary N) is 11. The van der Waals surface area contributed by atoms with Gasteiger partial charge >= 0.3 is 6.18 Å². The Labute approximate surface area is 874 Å². The van der Waals surface area contributed by atoms with Gasteiger partial charge in [0.25, 0.3) is 5.91 Å². The van der Waals surface area contributed by atoms with E-state index < -0.39 is 35.4 Å². The van der Waals surface area contributed by atoms with Gasteiger partial charge in [-0.05, 0) is 248 Å². The Bertz CT molecular complexity index is 6980. The van der Waals surface area contributed by atoms with Crippen LogP contribution in [0.1, 0.15) is 218 Å². The van der Waals surface area contributed by atoms with Crippen LogP contribution in [-0.4, -0.2) is 232 Å². The second-order valence-corrected chi connectivity index (χ2v) is 40.2. The van der Waals surface area contributed by atoms with Crippen LogP contribution in [0, 0.1) is 85.6 Å². The molecule has 35 nitrogen and oxygen atoms in total. The average molecular weight is 2130 g/mol. The third-order valence-electron chi connectivity index (χ3n) is 27.7. The number of H-pyrrole nitrogens is 4. The largest absolute Gasteiger partial charge is 0.452 e. The van der Waals surface area contributed by atoms with E-state index in [2.05, 4.69) is 132 Å². The zero-order valence-corrected chi connectivity index (χ0v) is 86.5. The molecule has 786 valence electrons. The topological polar surface area (TPSA) is 428 Å². The standard InChI is InChI=1S/C27H26ClF4N7O2.C27H31ClFN7O2.C26H31ClFN7O2.C23H27ClFN7O/c1-13-8-17(10-21-33-12-19(28)25(35-21)36-22-9-14(2)37-38-22)20(29)11-18(13)16-4-6-39(7-5-16)26(40)23-24(27(30,31)32)41-15(3)34-23;1-15-10-18(12-23-30-14-20(28)26(32-23)33-24-11-16(2)34-35-24)21(29)13-19(15)17-6-8-36(9-7-17)27(38)22-4-3-5-25(37)31-22;1-15-9-18(11-23-30-13-20(27)25(31-23)32-24-10-16(2)33-34-24)21(28)12-19(15)17-3-6-35(7-4-17)26(36)22-14-37-8-5-29-22;1-13-7-20(19(25)9-17(13)15-3-5-32(6-4-15)16-11-33-12-16)27-23-26-10-18(24)22(29-23)28-21-8-14(2)30-31-21/h8-9,11-12,16H,4-7,10H2,1-3H3,(H2,33,35,36,37,38);10-11,13-14,17,22H,3-9,12H2,1-2H3,(H,31,37)(H2,30,32,33,34,35);9-10,12-13,17,22,29H,3-8,11,14H2,1-2H3,(H2,30,31,32,33,34);7-10,15-16H,3-6,11-12H2,1-2H3,(H3,26,27,28,29,30,31)/t;;22-;/m..0./s1. The highest BCUT2D eigenvalue weighted by molar-refractivity contribution is 6.34. The molecule has 9 aromatic heterocycles. The van der Waals surface area contributed by atoms with Gasteiger partial charge in [0.2, 0.25) is 29.4 Å². The number of likely N-dealkylation sites (tertiary alicyclic amines) is 4. The number of halogens is 11. The van der Waals surface area contributed by atoms with Crippen molar-refractivity contribution in [2.24, 2.45) is 0 Å². The number of carbonyl (C=O) groups is 4. The number of hydrogen-bond donors (Lipinski definition) is 11. The highest BCUT2D eigenvalue weighted by Gasteiger charge is 2.44. The Hall–Kier alpha value is -13.4. The summed E-state index contributed by atoms with van der Waals surface area (Å²) in [5.41, 5.74) is 12.4. The number of benzene rings is 4. The molecule has 149 heavy (non-hydrogen) atoms. The van der Waals surface area contributed by atoms with E-state index in [4.69, 9.17) is 55.9 Å². The summed E-state index contributed by atoms with van der Waals surface area (Å²) in [5.74, 6) is 2.30. The molecule has 7 fully saturated rings. The molecule has 4 aromatic carbocycles. The highest BCUT2D eigenvalue weighted by Crippen LogP contribution is 2.42. The number of aromatic nitrogens is 17. The number of nitrogens with zero attached hydrogens (tertiary/aromatic N) is 17. The second kappa shape index (κ2) is 47.7. The summed E-state index contributed by atoms with van der Waals surface area (Å²) in [5, 5.41) is 50.4.